The lowest BCUT2D eigenvalue weighted by Gasteiger charge is -2.07. The standard InChI is InChI=1S/C14H12ClNO2/c1-8-5-11(6-9(2)13(8)15)12-7-10(14(17)18)3-4-16-12/h3-7H,1-2H3,(H,17,18). The van der Waals surface area contributed by atoms with Crippen LogP contribution < -0.4 is 0 Å². The van der Waals surface area contributed by atoms with Gasteiger partial charge in [0.15, 0.2) is 0 Å². The molecule has 0 aliphatic rings. The third-order valence-electron chi connectivity index (χ3n) is 2.74. The Balaban J connectivity index is 2.55. The van der Waals surface area contributed by atoms with Crippen LogP contribution in [0.5, 0.6) is 0 Å². The molecule has 0 bridgehead atoms. The molecule has 1 aromatic carbocycles. The minimum Gasteiger partial charge on any atom is -0.478 e. The van der Waals surface area contributed by atoms with Gasteiger partial charge in [-0.25, -0.2) is 4.79 Å². The number of aromatic carboxylic acids is 1. The summed E-state index contributed by atoms with van der Waals surface area (Å²) in [5, 5.41) is 9.69. The molecular weight excluding hydrogens is 250 g/mol. The molecule has 0 spiro atoms. The van der Waals surface area contributed by atoms with Gasteiger partial charge in [-0.05, 0) is 49.2 Å². The summed E-state index contributed by atoms with van der Waals surface area (Å²) in [6.07, 6.45) is 1.50. The number of hydrogen-bond donors (Lipinski definition) is 1. The van der Waals surface area contributed by atoms with Crippen LogP contribution in [0.4, 0.5) is 0 Å². The molecule has 18 heavy (non-hydrogen) atoms. The molecule has 2 aromatic rings. The zero-order valence-corrected chi connectivity index (χ0v) is 10.8. The molecule has 0 amide bonds. The van der Waals surface area contributed by atoms with Gasteiger partial charge in [0.1, 0.15) is 0 Å². The minimum atomic E-state index is -0.957. The third-order valence-corrected chi connectivity index (χ3v) is 3.34. The van der Waals surface area contributed by atoms with Crippen molar-refractivity contribution >= 4 is 17.6 Å². The Morgan fingerprint density at radius 1 is 1.22 bits per heavy atom. The number of benzene rings is 1. The summed E-state index contributed by atoms with van der Waals surface area (Å²) < 4.78 is 0. The van der Waals surface area contributed by atoms with E-state index in [1.807, 2.05) is 26.0 Å². The molecule has 0 saturated carbocycles. The maximum atomic E-state index is 10.9. The van der Waals surface area contributed by atoms with E-state index >= 15 is 0 Å². The van der Waals surface area contributed by atoms with Crippen LogP contribution in [0.25, 0.3) is 11.3 Å². The molecule has 92 valence electrons. The van der Waals surface area contributed by atoms with Gasteiger partial charge in [-0.3, -0.25) is 4.98 Å². The van der Waals surface area contributed by atoms with E-state index in [2.05, 4.69) is 4.98 Å². The van der Waals surface area contributed by atoms with E-state index in [1.54, 1.807) is 6.07 Å². The molecule has 0 unspecified atom stereocenters. The Kier molecular flexibility index (Phi) is 3.34. The van der Waals surface area contributed by atoms with Gasteiger partial charge in [-0.2, -0.15) is 0 Å². The molecule has 0 radical (unpaired) electrons. The Bertz CT molecular complexity index is 600. The first kappa shape index (κ1) is 12.6. The number of carboxylic acids is 1. The summed E-state index contributed by atoms with van der Waals surface area (Å²) in [6.45, 7) is 3.83. The minimum absolute atomic E-state index is 0.227. The van der Waals surface area contributed by atoms with Crippen LogP contribution in [0.3, 0.4) is 0 Å². The summed E-state index contributed by atoms with van der Waals surface area (Å²) in [6, 6.07) is 6.85. The summed E-state index contributed by atoms with van der Waals surface area (Å²) in [4.78, 5) is 15.1. The second kappa shape index (κ2) is 4.78. The van der Waals surface area contributed by atoms with Crippen molar-refractivity contribution in [1.29, 1.82) is 0 Å². The molecule has 2 rings (SSSR count). The van der Waals surface area contributed by atoms with Crippen LogP contribution in [-0.4, -0.2) is 16.1 Å². The molecule has 3 nitrogen and oxygen atoms in total. The normalized spacial score (nSPS) is 10.4. The van der Waals surface area contributed by atoms with Crippen molar-refractivity contribution in [3.63, 3.8) is 0 Å². The van der Waals surface area contributed by atoms with Crippen molar-refractivity contribution in [1.82, 2.24) is 4.98 Å². The Hall–Kier alpha value is -1.87. The second-order valence-electron chi connectivity index (χ2n) is 4.16. The first-order chi connectivity index (χ1) is 8.49. The van der Waals surface area contributed by atoms with E-state index in [1.165, 1.54) is 12.3 Å². The highest BCUT2D eigenvalue weighted by atomic mass is 35.5. The molecule has 0 aliphatic carbocycles. The SMILES string of the molecule is Cc1cc(-c2cc(C(=O)O)ccn2)cc(C)c1Cl. The summed E-state index contributed by atoms with van der Waals surface area (Å²) in [5.74, 6) is -0.957. The first-order valence-corrected chi connectivity index (χ1v) is 5.83. The van der Waals surface area contributed by atoms with Crippen LogP contribution >= 0.6 is 11.6 Å². The first-order valence-electron chi connectivity index (χ1n) is 5.45. The molecule has 1 N–H and O–H groups in total. The lowest BCUT2D eigenvalue weighted by atomic mass is 10.0. The van der Waals surface area contributed by atoms with Gasteiger partial charge in [0.25, 0.3) is 0 Å². The monoisotopic (exact) mass is 261 g/mol. The Morgan fingerprint density at radius 3 is 2.39 bits per heavy atom. The van der Waals surface area contributed by atoms with Crippen LogP contribution in [0, 0.1) is 13.8 Å². The molecule has 0 saturated heterocycles. The Morgan fingerprint density at radius 2 is 1.83 bits per heavy atom. The van der Waals surface area contributed by atoms with Gasteiger partial charge < -0.3 is 5.11 Å². The topological polar surface area (TPSA) is 50.2 Å². The van der Waals surface area contributed by atoms with Gasteiger partial charge in [0.05, 0.1) is 11.3 Å². The number of carbonyl (C=O) groups is 1. The second-order valence-corrected chi connectivity index (χ2v) is 4.54. The summed E-state index contributed by atoms with van der Waals surface area (Å²) >= 11 is 6.10. The van der Waals surface area contributed by atoms with E-state index in [-0.39, 0.29) is 5.56 Å². The van der Waals surface area contributed by atoms with Crippen LogP contribution in [0.2, 0.25) is 5.02 Å². The average Bonchev–Trinajstić information content (AvgIpc) is 2.35. The molecule has 4 heteroatoms. The highest BCUT2D eigenvalue weighted by molar-refractivity contribution is 6.32. The van der Waals surface area contributed by atoms with Gasteiger partial charge in [0.2, 0.25) is 0 Å². The van der Waals surface area contributed by atoms with Gasteiger partial charge in [0, 0.05) is 16.8 Å². The van der Waals surface area contributed by atoms with E-state index in [0.717, 1.165) is 21.7 Å². The Labute approximate surface area is 110 Å². The van der Waals surface area contributed by atoms with Gasteiger partial charge in [-0.1, -0.05) is 11.6 Å². The van der Waals surface area contributed by atoms with Crippen molar-refractivity contribution < 1.29 is 9.90 Å². The van der Waals surface area contributed by atoms with Crippen LogP contribution in [-0.2, 0) is 0 Å². The molecule has 0 atom stereocenters. The lowest BCUT2D eigenvalue weighted by Crippen LogP contribution is -1.97. The smallest absolute Gasteiger partial charge is 0.335 e. The summed E-state index contributed by atoms with van der Waals surface area (Å²) in [7, 11) is 0. The zero-order chi connectivity index (χ0) is 13.3. The molecular formula is C14H12ClNO2. The van der Waals surface area contributed by atoms with E-state index in [4.69, 9.17) is 16.7 Å². The maximum absolute atomic E-state index is 10.9. The van der Waals surface area contributed by atoms with Crippen molar-refractivity contribution in [2.45, 2.75) is 13.8 Å². The number of nitrogens with zero attached hydrogens (tertiary/aromatic N) is 1. The average molecular weight is 262 g/mol. The van der Waals surface area contributed by atoms with Crippen molar-refractivity contribution in [3.05, 3.63) is 52.2 Å². The summed E-state index contributed by atoms with van der Waals surface area (Å²) in [5.41, 5.74) is 3.64. The number of hydrogen-bond acceptors (Lipinski definition) is 2. The van der Waals surface area contributed by atoms with E-state index in [0.29, 0.717) is 5.69 Å². The fraction of sp³-hybridized carbons (Fsp3) is 0.143. The number of aromatic nitrogens is 1. The molecule has 0 fully saturated rings. The highest BCUT2D eigenvalue weighted by Gasteiger charge is 2.08. The number of halogens is 1. The van der Waals surface area contributed by atoms with Crippen molar-refractivity contribution in [3.8, 4) is 11.3 Å². The molecule has 1 heterocycles. The molecule has 1 aromatic heterocycles. The number of carboxylic acid groups (broad SMARTS) is 1. The predicted octanol–water partition coefficient (Wildman–Crippen LogP) is 3.72. The van der Waals surface area contributed by atoms with Crippen LogP contribution in [0.15, 0.2) is 30.5 Å². The van der Waals surface area contributed by atoms with Gasteiger partial charge in [-0.15, -0.1) is 0 Å². The largest absolute Gasteiger partial charge is 0.478 e. The predicted molar refractivity (Wildman–Crippen MR) is 71.1 cm³/mol. The van der Waals surface area contributed by atoms with E-state index in [9.17, 15) is 4.79 Å². The fourth-order valence-electron chi connectivity index (χ4n) is 1.82. The molecule has 0 aliphatic heterocycles. The van der Waals surface area contributed by atoms with Gasteiger partial charge >= 0.3 is 5.97 Å². The number of aryl methyl sites for hydroxylation is 2. The van der Waals surface area contributed by atoms with E-state index < -0.39 is 5.97 Å². The maximum Gasteiger partial charge on any atom is 0.335 e. The quantitative estimate of drug-likeness (QED) is 0.896. The zero-order valence-electron chi connectivity index (χ0n) is 10.1. The third kappa shape index (κ3) is 2.36. The van der Waals surface area contributed by atoms with Crippen LogP contribution in [0.1, 0.15) is 21.5 Å². The fourth-order valence-corrected chi connectivity index (χ4v) is 1.92. The lowest BCUT2D eigenvalue weighted by molar-refractivity contribution is 0.0697. The number of pyridine rings is 1. The van der Waals surface area contributed by atoms with Crippen molar-refractivity contribution in [2.75, 3.05) is 0 Å². The highest BCUT2D eigenvalue weighted by Crippen LogP contribution is 2.27. The number of rotatable bonds is 2. The van der Waals surface area contributed by atoms with Crippen molar-refractivity contribution in [2.24, 2.45) is 0 Å².